The maximum absolute atomic E-state index is 13.2. The quantitative estimate of drug-likeness (QED) is 0.371. The molecule has 1 aromatic carbocycles. The number of aryl methyl sites for hydroxylation is 1. The topological polar surface area (TPSA) is 75.6 Å². The number of aliphatic imine (C=N–C) groups is 1. The molecule has 2 aliphatic rings. The zero-order valence-corrected chi connectivity index (χ0v) is 20.6. The second-order valence-electron chi connectivity index (χ2n) is 8.97. The molecular formula is C28H33FN4O2. The number of aromatic nitrogens is 1. The number of nitrogens with one attached hydrogen (secondary N) is 2. The van der Waals surface area contributed by atoms with E-state index < -0.39 is 5.54 Å². The summed E-state index contributed by atoms with van der Waals surface area (Å²) in [5, 5.41) is 6.21. The van der Waals surface area contributed by atoms with Gasteiger partial charge in [-0.05, 0) is 87.9 Å². The summed E-state index contributed by atoms with van der Waals surface area (Å²) in [5.41, 5.74) is 2.98. The van der Waals surface area contributed by atoms with Gasteiger partial charge in [-0.1, -0.05) is 13.0 Å². The predicted octanol–water partition coefficient (Wildman–Crippen LogP) is 5.48. The monoisotopic (exact) mass is 476 g/mol. The number of pyridine rings is 1. The number of carbonyl (C=O) groups excluding carboxylic acids is 1. The van der Waals surface area contributed by atoms with Crippen LogP contribution in [0.4, 0.5) is 4.39 Å². The molecule has 35 heavy (non-hydrogen) atoms. The number of carbonyl (C=O) groups is 1. The van der Waals surface area contributed by atoms with Crippen LogP contribution in [0.2, 0.25) is 0 Å². The lowest BCUT2D eigenvalue weighted by Gasteiger charge is -2.27. The van der Waals surface area contributed by atoms with Crippen molar-refractivity contribution in [1.29, 1.82) is 0 Å². The number of hydrogen-bond acceptors (Lipinski definition) is 5. The van der Waals surface area contributed by atoms with Crippen LogP contribution in [0, 0.1) is 5.82 Å². The van der Waals surface area contributed by atoms with Gasteiger partial charge in [-0.2, -0.15) is 0 Å². The lowest BCUT2D eigenvalue weighted by Crippen LogP contribution is -2.36. The van der Waals surface area contributed by atoms with Crippen molar-refractivity contribution < 1.29 is 13.9 Å². The molecule has 2 N–H and O–H groups in total. The fourth-order valence-corrected chi connectivity index (χ4v) is 4.35. The molecule has 0 saturated heterocycles. The smallest absolute Gasteiger partial charge is 0.252 e. The number of hydrogen-bond donors (Lipinski definition) is 2. The molecule has 0 aliphatic heterocycles. The van der Waals surface area contributed by atoms with E-state index >= 15 is 0 Å². The zero-order chi connectivity index (χ0) is 24.8. The normalized spacial score (nSPS) is 19.3. The Morgan fingerprint density at radius 1 is 1.26 bits per heavy atom. The summed E-state index contributed by atoms with van der Waals surface area (Å²) >= 11 is 0. The Balaban J connectivity index is 1.48. The molecule has 1 fully saturated rings. The first-order valence-corrected chi connectivity index (χ1v) is 12.3. The van der Waals surface area contributed by atoms with Crippen LogP contribution in [0.1, 0.15) is 79.4 Å². The Hall–Kier alpha value is -3.48. The van der Waals surface area contributed by atoms with Crippen LogP contribution >= 0.6 is 0 Å². The number of benzene rings is 1. The molecule has 1 atom stereocenters. The highest BCUT2D eigenvalue weighted by Gasteiger charge is 2.47. The Morgan fingerprint density at radius 2 is 2.03 bits per heavy atom. The summed E-state index contributed by atoms with van der Waals surface area (Å²) in [4.78, 5) is 22.2. The molecule has 1 saturated carbocycles. The highest BCUT2D eigenvalue weighted by molar-refractivity contribution is 5.95. The summed E-state index contributed by atoms with van der Waals surface area (Å²) in [7, 11) is 1.85. The summed E-state index contributed by atoms with van der Waals surface area (Å²) in [6, 6.07) is 9.70. The molecule has 6 nitrogen and oxygen atoms in total. The van der Waals surface area contributed by atoms with Crippen LogP contribution in [0.15, 0.2) is 65.1 Å². The van der Waals surface area contributed by atoms with E-state index in [1.807, 2.05) is 32.2 Å². The van der Waals surface area contributed by atoms with Crippen molar-refractivity contribution in [2.75, 3.05) is 7.05 Å². The van der Waals surface area contributed by atoms with Crippen LogP contribution in [0.3, 0.4) is 0 Å². The van der Waals surface area contributed by atoms with Crippen molar-refractivity contribution in [2.24, 2.45) is 4.99 Å². The standard InChI is InChI=1S/C28H33FN4O2/c1-4-7-26(30-3)31-18-21(5-2)35-24-9-6-8-23-22(24)14-15-25(32-23)28(16-17-28)33-27(34)19-10-12-20(29)13-11-19/h5,7,10-15,18,24,30H,4,6,8-9,16-17H2,1-3H3,(H,33,34)/b21-5+,26-7+,31-18+. The summed E-state index contributed by atoms with van der Waals surface area (Å²) in [6.07, 6.45) is 10.9. The fourth-order valence-electron chi connectivity index (χ4n) is 4.35. The van der Waals surface area contributed by atoms with Crippen LogP contribution < -0.4 is 10.6 Å². The minimum Gasteiger partial charge on any atom is -0.484 e. The van der Waals surface area contributed by atoms with Gasteiger partial charge < -0.3 is 15.4 Å². The summed E-state index contributed by atoms with van der Waals surface area (Å²) in [5.74, 6) is 0.957. The molecule has 1 unspecified atom stereocenters. The van der Waals surface area contributed by atoms with Crippen molar-refractivity contribution in [1.82, 2.24) is 15.6 Å². The minimum atomic E-state index is -0.454. The maximum Gasteiger partial charge on any atom is 0.252 e. The first-order chi connectivity index (χ1) is 17.0. The number of amides is 1. The van der Waals surface area contributed by atoms with E-state index in [9.17, 15) is 9.18 Å². The first kappa shape index (κ1) is 24.6. The number of ether oxygens (including phenoxy) is 1. The summed E-state index contributed by atoms with van der Waals surface area (Å²) in [6.45, 7) is 4.01. The van der Waals surface area contributed by atoms with Gasteiger partial charge in [0.2, 0.25) is 0 Å². The second-order valence-corrected chi connectivity index (χ2v) is 8.97. The fraction of sp³-hybridized carbons (Fsp3) is 0.393. The van der Waals surface area contributed by atoms with E-state index in [0.29, 0.717) is 5.56 Å². The largest absolute Gasteiger partial charge is 0.484 e. The molecule has 0 bridgehead atoms. The van der Waals surface area contributed by atoms with Gasteiger partial charge in [0.15, 0.2) is 0 Å². The maximum atomic E-state index is 13.2. The van der Waals surface area contributed by atoms with Gasteiger partial charge in [-0.15, -0.1) is 0 Å². The molecule has 7 heteroatoms. The predicted molar refractivity (Wildman–Crippen MR) is 135 cm³/mol. The molecule has 1 amide bonds. The molecule has 0 radical (unpaired) electrons. The van der Waals surface area contributed by atoms with E-state index in [1.165, 1.54) is 24.3 Å². The van der Waals surface area contributed by atoms with E-state index in [4.69, 9.17) is 9.72 Å². The van der Waals surface area contributed by atoms with Gasteiger partial charge >= 0.3 is 0 Å². The Morgan fingerprint density at radius 3 is 2.69 bits per heavy atom. The van der Waals surface area contributed by atoms with Crippen LogP contribution in [0.25, 0.3) is 0 Å². The molecule has 1 heterocycles. The minimum absolute atomic E-state index is 0.0879. The van der Waals surface area contributed by atoms with Crippen molar-refractivity contribution >= 4 is 12.1 Å². The number of rotatable bonds is 9. The zero-order valence-electron chi connectivity index (χ0n) is 20.6. The lowest BCUT2D eigenvalue weighted by molar-refractivity contribution is 0.0929. The van der Waals surface area contributed by atoms with Crippen molar-refractivity contribution in [3.63, 3.8) is 0 Å². The third-order valence-corrected chi connectivity index (χ3v) is 6.48. The number of nitrogens with zero attached hydrogens (tertiary/aromatic N) is 2. The summed E-state index contributed by atoms with van der Waals surface area (Å²) < 4.78 is 19.5. The van der Waals surface area contributed by atoms with Gasteiger partial charge in [0.05, 0.1) is 17.4 Å². The molecule has 2 aliphatic carbocycles. The van der Waals surface area contributed by atoms with Crippen LogP contribution in [-0.2, 0) is 16.7 Å². The van der Waals surface area contributed by atoms with Crippen LogP contribution in [0.5, 0.6) is 0 Å². The first-order valence-electron chi connectivity index (χ1n) is 12.3. The van der Waals surface area contributed by atoms with Crippen molar-refractivity contribution in [2.45, 2.75) is 64.0 Å². The molecule has 1 aromatic heterocycles. The average Bonchev–Trinajstić information content (AvgIpc) is 3.66. The number of halogens is 1. The molecule has 184 valence electrons. The molecule has 2 aromatic rings. The van der Waals surface area contributed by atoms with E-state index in [-0.39, 0.29) is 17.8 Å². The van der Waals surface area contributed by atoms with Gasteiger partial charge in [0.25, 0.3) is 5.91 Å². The second kappa shape index (κ2) is 10.8. The van der Waals surface area contributed by atoms with Crippen LogP contribution in [-0.4, -0.2) is 24.2 Å². The highest BCUT2D eigenvalue weighted by Crippen LogP contribution is 2.46. The van der Waals surface area contributed by atoms with E-state index in [1.54, 1.807) is 6.21 Å². The SMILES string of the molecule is C\C=C(/C=N/C(=C/CC)NC)OC1CCCc2nc(C3(NC(=O)c4ccc(F)cc4)CC3)ccc21. The van der Waals surface area contributed by atoms with Gasteiger partial charge in [-0.25, -0.2) is 9.38 Å². The number of fused-ring (bicyclic) bond motifs is 1. The lowest BCUT2D eigenvalue weighted by atomic mass is 9.92. The van der Waals surface area contributed by atoms with E-state index in [2.05, 4.69) is 28.6 Å². The van der Waals surface area contributed by atoms with Gasteiger partial charge in [0.1, 0.15) is 23.5 Å². The Kier molecular flexibility index (Phi) is 7.63. The van der Waals surface area contributed by atoms with Crippen molar-refractivity contribution in [3.8, 4) is 0 Å². The molecule has 0 spiro atoms. The molecule has 4 rings (SSSR count). The highest BCUT2D eigenvalue weighted by atomic mass is 19.1. The Labute approximate surface area is 206 Å². The number of allylic oxidation sites excluding steroid dienone is 3. The third-order valence-electron chi connectivity index (χ3n) is 6.48. The van der Waals surface area contributed by atoms with E-state index in [0.717, 1.165) is 67.1 Å². The molecular weight excluding hydrogens is 443 g/mol. The van der Waals surface area contributed by atoms with Gasteiger partial charge in [0, 0.05) is 23.9 Å². The third kappa shape index (κ3) is 5.78. The Bertz CT molecular complexity index is 1150. The van der Waals surface area contributed by atoms with Crippen molar-refractivity contribution in [3.05, 3.63) is 88.5 Å². The average molecular weight is 477 g/mol. The van der Waals surface area contributed by atoms with Gasteiger partial charge in [-0.3, -0.25) is 9.78 Å².